The Kier molecular flexibility index (Phi) is 3.20. The van der Waals surface area contributed by atoms with Crippen LogP contribution in [0.4, 0.5) is 0 Å². The molecule has 0 aromatic carbocycles. The summed E-state index contributed by atoms with van der Waals surface area (Å²) in [5.74, 6) is 0.262. The van der Waals surface area contributed by atoms with Gasteiger partial charge in [0.25, 0.3) is 0 Å². The summed E-state index contributed by atoms with van der Waals surface area (Å²) in [5.41, 5.74) is -0.253. The molecule has 1 amide bonds. The molecule has 1 heterocycles. The van der Waals surface area contributed by atoms with Gasteiger partial charge in [0.15, 0.2) is 0 Å². The predicted octanol–water partition coefficient (Wildman–Crippen LogP) is 1.24. The van der Waals surface area contributed by atoms with Gasteiger partial charge >= 0.3 is 0 Å². The molecule has 0 radical (unpaired) electrons. The maximum atomic E-state index is 12.0. The van der Waals surface area contributed by atoms with E-state index in [0.29, 0.717) is 12.1 Å². The van der Waals surface area contributed by atoms with Crippen LogP contribution in [0.5, 0.6) is 0 Å². The van der Waals surface area contributed by atoms with Crippen molar-refractivity contribution in [2.45, 2.75) is 46.7 Å². The molecule has 1 N–H and O–H groups in total. The van der Waals surface area contributed by atoms with Crippen molar-refractivity contribution in [2.24, 2.45) is 5.41 Å². The first kappa shape index (κ1) is 11.5. The molecule has 0 bridgehead atoms. The van der Waals surface area contributed by atoms with Crippen LogP contribution in [0.25, 0.3) is 0 Å². The van der Waals surface area contributed by atoms with Crippen molar-refractivity contribution >= 4 is 5.91 Å². The number of rotatable bonds is 0. The smallest absolute Gasteiger partial charge is 0.228 e. The van der Waals surface area contributed by atoms with E-state index in [-0.39, 0.29) is 11.3 Å². The SMILES string of the molecule is CC1CN(C(=O)C(C)(C)C)CC(C)N1. The Bertz CT molecular complexity index is 210. The lowest BCUT2D eigenvalue weighted by molar-refractivity contribution is -0.141. The van der Waals surface area contributed by atoms with Crippen molar-refractivity contribution < 1.29 is 4.79 Å². The first-order valence-corrected chi connectivity index (χ1v) is 5.36. The van der Waals surface area contributed by atoms with Gasteiger partial charge in [0.1, 0.15) is 0 Å². The van der Waals surface area contributed by atoms with Gasteiger partial charge < -0.3 is 10.2 Å². The standard InChI is InChI=1S/C11H22N2O/c1-8-6-13(7-9(2)12-8)10(14)11(3,4)5/h8-9,12H,6-7H2,1-5H3. The summed E-state index contributed by atoms with van der Waals surface area (Å²) in [6.45, 7) is 11.9. The molecule has 82 valence electrons. The van der Waals surface area contributed by atoms with Crippen LogP contribution in [0.3, 0.4) is 0 Å². The van der Waals surface area contributed by atoms with Gasteiger partial charge in [-0.05, 0) is 13.8 Å². The molecule has 0 aliphatic carbocycles. The van der Waals surface area contributed by atoms with E-state index in [9.17, 15) is 4.79 Å². The van der Waals surface area contributed by atoms with E-state index in [0.717, 1.165) is 13.1 Å². The largest absolute Gasteiger partial charge is 0.339 e. The first-order chi connectivity index (χ1) is 6.30. The third kappa shape index (κ3) is 2.71. The van der Waals surface area contributed by atoms with Crippen molar-refractivity contribution in [2.75, 3.05) is 13.1 Å². The maximum absolute atomic E-state index is 12.0. The molecule has 1 aliphatic heterocycles. The van der Waals surface area contributed by atoms with E-state index in [4.69, 9.17) is 0 Å². The highest BCUT2D eigenvalue weighted by atomic mass is 16.2. The third-order valence-electron chi connectivity index (χ3n) is 2.49. The first-order valence-electron chi connectivity index (χ1n) is 5.36. The van der Waals surface area contributed by atoms with Crippen molar-refractivity contribution in [1.29, 1.82) is 0 Å². The molecule has 0 aromatic heterocycles. The molecule has 1 fully saturated rings. The summed E-state index contributed by atoms with van der Waals surface area (Å²) in [7, 11) is 0. The van der Waals surface area contributed by atoms with Crippen LogP contribution in [-0.4, -0.2) is 36.0 Å². The Morgan fingerprint density at radius 2 is 1.64 bits per heavy atom. The van der Waals surface area contributed by atoms with Crippen LogP contribution in [0, 0.1) is 5.41 Å². The van der Waals surface area contributed by atoms with Gasteiger partial charge in [-0.2, -0.15) is 0 Å². The molecule has 2 unspecified atom stereocenters. The minimum atomic E-state index is -0.253. The zero-order valence-electron chi connectivity index (χ0n) is 9.92. The molecule has 2 atom stereocenters. The molecule has 0 spiro atoms. The number of carbonyl (C=O) groups excluding carboxylic acids is 1. The minimum Gasteiger partial charge on any atom is -0.339 e. The molecule has 1 saturated heterocycles. The fraction of sp³-hybridized carbons (Fsp3) is 0.909. The van der Waals surface area contributed by atoms with E-state index in [1.54, 1.807) is 0 Å². The number of hydrogen-bond acceptors (Lipinski definition) is 2. The predicted molar refractivity (Wildman–Crippen MR) is 58.1 cm³/mol. The lowest BCUT2D eigenvalue weighted by Crippen LogP contribution is -2.57. The second kappa shape index (κ2) is 3.89. The highest BCUT2D eigenvalue weighted by Crippen LogP contribution is 2.19. The number of carbonyl (C=O) groups is 1. The molecular weight excluding hydrogens is 176 g/mol. The summed E-state index contributed by atoms with van der Waals surface area (Å²) in [5, 5.41) is 3.42. The summed E-state index contributed by atoms with van der Waals surface area (Å²) < 4.78 is 0. The summed E-state index contributed by atoms with van der Waals surface area (Å²) >= 11 is 0. The zero-order valence-corrected chi connectivity index (χ0v) is 9.92. The lowest BCUT2D eigenvalue weighted by Gasteiger charge is -2.39. The van der Waals surface area contributed by atoms with Crippen LogP contribution in [0.2, 0.25) is 0 Å². The van der Waals surface area contributed by atoms with Gasteiger partial charge in [-0.3, -0.25) is 4.79 Å². The Morgan fingerprint density at radius 1 is 1.21 bits per heavy atom. The van der Waals surface area contributed by atoms with Gasteiger partial charge in [-0.1, -0.05) is 20.8 Å². The second-order valence-corrected chi connectivity index (χ2v) is 5.43. The topological polar surface area (TPSA) is 32.3 Å². The molecule has 3 nitrogen and oxygen atoms in total. The van der Waals surface area contributed by atoms with E-state index >= 15 is 0 Å². The van der Waals surface area contributed by atoms with Gasteiger partial charge in [0.05, 0.1) is 0 Å². The van der Waals surface area contributed by atoms with Gasteiger partial charge in [0.2, 0.25) is 5.91 Å². The average molecular weight is 198 g/mol. The fourth-order valence-corrected chi connectivity index (χ4v) is 1.97. The van der Waals surface area contributed by atoms with Crippen LogP contribution in [0.15, 0.2) is 0 Å². The number of amides is 1. The number of nitrogens with one attached hydrogen (secondary N) is 1. The summed E-state index contributed by atoms with van der Waals surface area (Å²) in [6, 6.07) is 0.815. The number of hydrogen-bond donors (Lipinski definition) is 1. The van der Waals surface area contributed by atoms with E-state index in [1.165, 1.54) is 0 Å². The number of nitrogens with zero attached hydrogens (tertiary/aromatic N) is 1. The summed E-state index contributed by atoms with van der Waals surface area (Å²) in [4.78, 5) is 14.0. The summed E-state index contributed by atoms with van der Waals surface area (Å²) in [6.07, 6.45) is 0. The molecular formula is C11H22N2O. The molecule has 1 aliphatic rings. The molecule has 0 saturated carbocycles. The highest BCUT2D eigenvalue weighted by molar-refractivity contribution is 5.81. The monoisotopic (exact) mass is 198 g/mol. The zero-order chi connectivity index (χ0) is 10.9. The highest BCUT2D eigenvalue weighted by Gasteiger charge is 2.31. The Morgan fingerprint density at radius 3 is 2.00 bits per heavy atom. The number of piperazine rings is 1. The van der Waals surface area contributed by atoms with Crippen LogP contribution < -0.4 is 5.32 Å². The second-order valence-electron chi connectivity index (χ2n) is 5.43. The van der Waals surface area contributed by atoms with Crippen molar-refractivity contribution in [3.05, 3.63) is 0 Å². The van der Waals surface area contributed by atoms with Crippen molar-refractivity contribution in [3.63, 3.8) is 0 Å². The average Bonchev–Trinajstić information content (AvgIpc) is 1.99. The quantitative estimate of drug-likeness (QED) is 0.635. The molecule has 0 aromatic rings. The van der Waals surface area contributed by atoms with Crippen LogP contribution in [0.1, 0.15) is 34.6 Å². The maximum Gasteiger partial charge on any atom is 0.228 e. The van der Waals surface area contributed by atoms with E-state index in [2.05, 4.69) is 19.2 Å². The minimum absolute atomic E-state index is 0.253. The van der Waals surface area contributed by atoms with Crippen LogP contribution >= 0.6 is 0 Å². The Hall–Kier alpha value is -0.570. The fourth-order valence-electron chi connectivity index (χ4n) is 1.97. The lowest BCUT2D eigenvalue weighted by atomic mass is 9.93. The van der Waals surface area contributed by atoms with Crippen molar-refractivity contribution in [3.8, 4) is 0 Å². The molecule has 3 heteroatoms. The van der Waals surface area contributed by atoms with E-state index < -0.39 is 0 Å². The Labute approximate surface area is 86.9 Å². The van der Waals surface area contributed by atoms with Gasteiger partial charge in [-0.25, -0.2) is 0 Å². The Balaban J connectivity index is 2.64. The molecule has 14 heavy (non-hydrogen) atoms. The van der Waals surface area contributed by atoms with Crippen molar-refractivity contribution in [1.82, 2.24) is 10.2 Å². The van der Waals surface area contributed by atoms with Gasteiger partial charge in [0, 0.05) is 30.6 Å². The van der Waals surface area contributed by atoms with Crippen LogP contribution in [-0.2, 0) is 4.79 Å². The normalized spacial score (nSPS) is 29.1. The van der Waals surface area contributed by atoms with Gasteiger partial charge in [-0.15, -0.1) is 0 Å². The third-order valence-corrected chi connectivity index (χ3v) is 2.49. The molecule has 1 rings (SSSR count). The van der Waals surface area contributed by atoms with E-state index in [1.807, 2.05) is 25.7 Å².